The largest absolute Gasteiger partial charge is 0.490 e. The molecular weight excluding hydrogens is 182 g/mol. The van der Waals surface area contributed by atoms with Crippen molar-refractivity contribution in [3.05, 3.63) is 46.5 Å². The van der Waals surface area contributed by atoms with Crippen molar-refractivity contribution >= 4 is 5.69 Å². The minimum Gasteiger partial charge on any atom is -0.490 e. The van der Waals surface area contributed by atoms with Gasteiger partial charge in [0.25, 0.3) is 5.69 Å². The summed E-state index contributed by atoms with van der Waals surface area (Å²) in [7, 11) is 0. The summed E-state index contributed by atoms with van der Waals surface area (Å²) in [4.78, 5) is 9.89. The van der Waals surface area contributed by atoms with E-state index < -0.39 is 4.92 Å². The second-order valence-electron chi connectivity index (χ2n) is 2.63. The Morgan fingerprint density at radius 3 is 2.57 bits per heavy atom. The third-order valence-corrected chi connectivity index (χ3v) is 1.63. The fraction of sp³-hybridized carbons (Fsp3) is 0.200. The average Bonchev–Trinajstić information content (AvgIpc) is 2.19. The highest BCUT2D eigenvalue weighted by Crippen LogP contribution is 2.16. The molecule has 0 aliphatic heterocycles. The van der Waals surface area contributed by atoms with Crippen LogP contribution in [0.5, 0.6) is 5.75 Å². The molecule has 4 nitrogen and oxygen atoms in total. The molecule has 0 amide bonds. The third-order valence-electron chi connectivity index (χ3n) is 1.63. The summed E-state index contributed by atoms with van der Waals surface area (Å²) in [6, 6.07) is 6.01. The number of ether oxygens (including phenoxy) is 1. The van der Waals surface area contributed by atoms with Crippen LogP contribution in [0.4, 0.5) is 5.69 Å². The van der Waals surface area contributed by atoms with Crippen molar-refractivity contribution in [2.75, 3.05) is 6.61 Å². The first-order valence-corrected chi connectivity index (χ1v) is 4.22. The van der Waals surface area contributed by atoms with Crippen LogP contribution in [-0.2, 0) is 0 Å². The predicted octanol–water partition coefficient (Wildman–Crippen LogP) is 2.55. The molecule has 1 aromatic carbocycles. The van der Waals surface area contributed by atoms with E-state index in [0.29, 0.717) is 12.4 Å². The van der Waals surface area contributed by atoms with Crippen LogP contribution in [0.25, 0.3) is 0 Å². The number of nitro groups is 1. The molecule has 0 heterocycles. The molecule has 0 aliphatic rings. The van der Waals surface area contributed by atoms with Crippen LogP contribution in [0.3, 0.4) is 0 Å². The van der Waals surface area contributed by atoms with Crippen molar-refractivity contribution in [3.8, 4) is 5.75 Å². The monoisotopic (exact) mass is 193 g/mol. The smallest absolute Gasteiger partial charge is 0.269 e. The first-order valence-electron chi connectivity index (χ1n) is 4.22. The van der Waals surface area contributed by atoms with Crippen LogP contribution >= 0.6 is 0 Å². The molecule has 0 unspecified atom stereocenters. The molecule has 0 aromatic heterocycles. The Morgan fingerprint density at radius 1 is 1.43 bits per heavy atom. The second-order valence-corrected chi connectivity index (χ2v) is 2.63. The third kappa shape index (κ3) is 2.90. The van der Waals surface area contributed by atoms with E-state index in [-0.39, 0.29) is 5.69 Å². The normalized spacial score (nSPS) is 10.4. The Balaban J connectivity index is 2.59. The van der Waals surface area contributed by atoms with Gasteiger partial charge in [0.1, 0.15) is 12.4 Å². The van der Waals surface area contributed by atoms with Gasteiger partial charge in [-0.05, 0) is 19.1 Å². The average molecular weight is 193 g/mol. The van der Waals surface area contributed by atoms with Gasteiger partial charge in [-0.15, -0.1) is 0 Å². The summed E-state index contributed by atoms with van der Waals surface area (Å²) in [5.74, 6) is 0.633. The zero-order valence-electron chi connectivity index (χ0n) is 7.84. The van der Waals surface area contributed by atoms with E-state index in [9.17, 15) is 10.1 Å². The molecule has 1 aromatic rings. The lowest BCUT2D eigenvalue weighted by Gasteiger charge is -2.01. The van der Waals surface area contributed by atoms with Gasteiger partial charge in [-0.25, -0.2) is 0 Å². The molecule has 0 saturated heterocycles. The molecule has 0 aliphatic carbocycles. The van der Waals surface area contributed by atoms with Gasteiger partial charge in [-0.1, -0.05) is 12.2 Å². The molecule has 14 heavy (non-hydrogen) atoms. The van der Waals surface area contributed by atoms with Gasteiger partial charge >= 0.3 is 0 Å². The molecule has 0 N–H and O–H groups in total. The Morgan fingerprint density at radius 2 is 2.07 bits per heavy atom. The van der Waals surface area contributed by atoms with E-state index in [2.05, 4.69) is 0 Å². The lowest BCUT2D eigenvalue weighted by molar-refractivity contribution is -0.384. The number of hydrogen-bond acceptors (Lipinski definition) is 3. The highest BCUT2D eigenvalue weighted by molar-refractivity contribution is 5.35. The molecule has 0 bridgehead atoms. The summed E-state index contributed by atoms with van der Waals surface area (Å²) < 4.78 is 5.27. The van der Waals surface area contributed by atoms with Gasteiger partial charge < -0.3 is 4.74 Å². The molecule has 0 saturated carbocycles. The number of non-ortho nitro benzene ring substituents is 1. The number of hydrogen-bond donors (Lipinski definition) is 0. The maximum atomic E-state index is 10.3. The highest BCUT2D eigenvalue weighted by atomic mass is 16.6. The van der Waals surface area contributed by atoms with E-state index in [1.807, 2.05) is 19.1 Å². The van der Waals surface area contributed by atoms with Crippen LogP contribution < -0.4 is 4.74 Å². The van der Waals surface area contributed by atoms with Crippen LogP contribution in [0.1, 0.15) is 6.92 Å². The molecule has 0 spiro atoms. The van der Waals surface area contributed by atoms with Gasteiger partial charge in [0, 0.05) is 12.1 Å². The molecule has 4 heteroatoms. The zero-order chi connectivity index (χ0) is 10.4. The van der Waals surface area contributed by atoms with E-state index >= 15 is 0 Å². The number of benzene rings is 1. The topological polar surface area (TPSA) is 52.4 Å². The lowest BCUT2D eigenvalue weighted by atomic mass is 10.3. The second kappa shape index (κ2) is 5.01. The minimum atomic E-state index is -0.435. The first-order chi connectivity index (χ1) is 6.74. The number of rotatable bonds is 4. The van der Waals surface area contributed by atoms with Gasteiger partial charge in [0.2, 0.25) is 0 Å². The van der Waals surface area contributed by atoms with E-state index in [4.69, 9.17) is 4.74 Å². The van der Waals surface area contributed by atoms with Gasteiger partial charge in [0.15, 0.2) is 0 Å². The molecule has 0 radical (unpaired) electrons. The van der Waals surface area contributed by atoms with Crippen LogP contribution in [0, 0.1) is 10.1 Å². The zero-order valence-corrected chi connectivity index (χ0v) is 7.84. The fourth-order valence-electron chi connectivity index (χ4n) is 0.905. The Labute approximate surface area is 82.0 Å². The summed E-state index contributed by atoms with van der Waals surface area (Å²) in [6.07, 6.45) is 3.74. The SMILES string of the molecule is C/C=C/COc1ccc([N+](=O)[O-])cc1. The first kappa shape index (κ1) is 10.2. The summed E-state index contributed by atoms with van der Waals surface area (Å²) >= 11 is 0. The van der Waals surface area contributed by atoms with Gasteiger partial charge in [-0.2, -0.15) is 0 Å². The van der Waals surface area contributed by atoms with Crippen LogP contribution in [0.2, 0.25) is 0 Å². The summed E-state index contributed by atoms with van der Waals surface area (Å²) in [5, 5.41) is 10.3. The number of nitro benzene ring substituents is 1. The molecule has 0 atom stereocenters. The van der Waals surface area contributed by atoms with Gasteiger partial charge in [0.05, 0.1) is 4.92 Å². The molecular formula is C10H11NO3. The van der Waals surface area contributed by atoms with Gasteiger partial charge in [-0.3, -0.25) is 10.1 Å². The standard InChI is InChI=1S/C10H11NO3/c1-2-3-8-14-10-6-4-9(5-7-10)11(12)13/h2-7H,8H2,1H3/b3-2+. The van der Waals surface area contributed by atoms with Crippen molar-refractivity contribution in [2.45, 2.75) is 6.92 Å². The minimum absolute atomic E-state index is 0.0726. The highest BCUT2D eigenvalue weighted by Gasteiger charge is 2.03. The van der Waals surface area contributed by atoms with Crippen LogP contribution in [0.15, 0.2) is 36.4 Å². The van der Waals surface area contributed by atoms with E-state index in [0.717, 1.165) is 0 Å². The summed E-state index contributed by atoms with van der Waals surface area (Å²) in [5.41, 5.74) is 0.0726. The lowest BCUT2D eigenvalue weighted by Crippen LogP contribution is -1.93. The Hall–Kier alpha value is -1.84. The number of nitrogens with zero attached hydrogens (tertiary/aromatic N) is 1. The van der Waals surface area contributed by atoms with E-state index in [1.54, 1.807) is 12.1 Å². The fourth-order valence-corrected chi connectivity index (χ4v) is 0.905. The number of allylic oxidation sites excluding steroid dienone is 1. The molecule has 74 valence electrons. The van der Waals surface area contributed by atoms with Crippen molar-refractivity contribution < 1.29 is 9.66 Å². The summed E-state index contributed by atoms with van der Waals surface area (Å²) in [6.45, 7) is 2.38. The molecule has 0 fully saturated rings. The maximum absolute atomic E-state index is 10.3. The van der Waals surface area contributed by atoms with Crippen LogP contribution in [-0.4, -0.2) is 11.5 Å². The van der Waals surface area contributed by atoms with Crippen molar-refractivity contribution in [3.63, 3.8) is 0 Å². The quantitative estimate of drug-likeness (QED) is 0.419. The van der Waals surface area contributed by atoms with Crippen molar-refractivity contribution in [2.24, 2.45) is 0 Å². The maximum Gasteiger partial charge on any atom is 0.269 e. The van der Waals surface area contributed by atoms with Crippen molar-refractivity contribution in [1.29, 1.82) is 0 Å². The predicted molar refractivity (Wildman–Crippen MR) is 53.4 cm³/mol. The molecule has 1 rings (SSSR count). The Bertz CT molecular complexity index is 330. The van der Waals surface area contributed by atoms with E-state index in [1.165, 1.54) is 12.1 Å². The Kier molecular flexibility index (Phi) is 3.67. The van der Waals surface area contributed by atoms with Crippen molar-refractivity contribution in [1.82, 2.24) is 0 Å².